The van der Waals surface area contributed by atoms with E-state index in [0.29, 0.717) is 5.52 Å². The Morgan fingerprint density at radius 1 is 1.00 bits per heavy atom. The van der Waals surface area contributed by atoms with E-state index >= 15 is 0 Å². The van der Waals surface area contributed by atoms with Crippen LogP contribution < -0.4 is 4.72 Å². The SMILES string of the molecule is Cc1nc(-c2ccccc2)sc1CNS(=O)(=O)c1cccc2cccnc12. The van der Waals surface area contributed by atoms with Gasteiger partial charge in [0.1, 0.15) is 9.90 Å². The molecule has 2 aromatic carbocycles. The Morgan fingerprint density at radius 2 is 1.78 bits per heavy atom. The first-order valence-corrected chi connectivity index (χ1v) is 10.7. The molecule has 2 aromatic heterocycles. The summed E-state index contributed by atoms with van der Waals surface area (Å²) in [7, 11) is -3.69. The predicted octanol–water partition coefficient (Wildman–Crippen LogP) is 4.15. The predicted molar refractivity (Wildman–Crippen MR) is 108 cm³/mol. The van der Waals surface area contributed by atoms with Crippen molar-refractivity contribution in [1.82, 2.24) is 14.7 Å². The number of rotatable bonds is 5. The maximum absolute atomic E-state index is 12.8. The van der Waals surface area contributed by atoms with Gasteiger partial charge in [-0.3, -0.25) is 4.98 Å². The number of aromatic nitrogens is 2. The fourth-order valence-electron chi connectivity index (χ4n) is 2.83. The second kappa shape index (κ2) is 7.19. The van der Waals surface area contributed by atoms with Crippen molar-refractivity contribution < 1.29 is 8.42 Å². The molecular weight excluding hydrogens is 378 g/mol. The monoisotopic (exact) mass is 395 g/mol. The van der Waals surface area contributed by atoms with Crippen molar-refractivity contribution >= 4 is 32.3 Å². The highest BCUT2D eigenvalue weighted by atomic mass is 32.2. The van der Waals surface area contributed by atoms with Crippen molar-refractivity contribution in [2.45, 2.75) is 18.4 Å². The highest BCUT2D eigenvalue weighted by molar-refractivity contribution is 7.89. The number of sulfonamides is 1. The molecule has 1 N–H and O–H groups in total. The number of benzene rings is 2. The fraction of sp³-hybridized carbons (Fsp3) is 0.100. The smallest absolute Gasteiger partial charge is 0.243 e. The van der Waals surface area contributed by atoms with Gasteiger partial charge in [0.2, 0.25) is 10.0 Å². The van der Waals surface area contributed by atoms with Gasteiger partial charge in [-0.15, -0.1) is 11.3 Å². The zero-order valence-electron chi connectivity index (χ0n) is 14.6. The number of nitrogens with one attached hydrogen (secondary N) is 1. The van der Waals surface area contributed by atoms with Crippen LogP contribution in [0.4, 0.5) is 0 Å². The summed E-state index contributed by atoms with van der Waals surface area (Å²) in [5.74, 6) is 0. The number of thiazole rings is 1. The molecule has 27 heavy (non-hydrogen) atoms. The molecule has 4 aromatic rings. The Labute approximate surface area is 161 Å². The Balaban J connectivity index is 1.60. The average Bonchev–Trinajstić information content (AvgIpc) is 3.07. The Hall–Kier alpha value is -2.61. The summed E-state index contributed by atoms with van der Waals surface area (Å²) >= 11 is 1.50. The number of fused-ring (bicyclic) bond motifs is 1. The van der Waals surface area contributed by atoms with E-state index in [0.717, 1.165) is 26.5 Å². The minimum Gasteiger partial charge on any atom is -0.255 e. The van der Waals surface area contributed by atoms with E-state index < -0.39 is 10.0 Å². The quantitative estimate of drug-likeness (QED) is 0.551. The first-order chi connectivity index (χ1) is 13.0. The van der Waals surface area contributed by atoms with Crippen molar-refractivity contribution in [2.24, 2.45) is 0 Å². The van der Waals surface area contributed by atoms with Gasteiger partial charge in [-0.25, -0.2) is 18.1 Å². The molecule has 136 valence electrons. The first-order valence-electron chi connectivity index (χ1n) is 8.40. The van der Waals surface area contributed by atoms with E-state index in [1.54, 1.807) is 24.4 Å². The van der Waals surface area contributed by atoms with Crippen LogP contribution in [-0.2, 0) is 16.6 Å². The average molecular weight is 396 g/mol. The lowest BCUT2D eigenvalue weighted by Crippen LogP contribution is -2.23. The Morgan fingerprint density at radius 3 is 2.59 bits per heavy atom. The molecule has 0 amide bonds. The van der Waals surface area contributed by atoms with E-state index in [2.05, 4.69) is 14.7 Å². The number of hydrogen-bond donors (Lipinski definition) is 1. The second-order valence-electron chi connectivity index (χ2n) is 6.05. The van der Waals surface area contributed by atoms with Gasteiger partial charge >= 0.3 is 0 Å². The minimum atomic E-state index is -3.69. The Bertz CT molecular complexity index is 1200. The highest BCUT2D eigenvalue weighted by Gasteiger charge is 2.19. The summed E-state index contributed by atoms with van der Waals surface area (Å²) in [5.41, 5.74) is 2.33. The molecule has 2 heterocycles. The third-order valence-corrected chi connectivity index (χ3v) is 6.86. The van der Waals surface area contributed by atoms with Crippen LogP contribution in [0.3, 0.4) is 0 Å². The van der Waals surface area contributed by atoms with Gasteiger partial charge in [0.05, 0.1) is 11.2 Å². The van der Waals surface area contributed by atoms with Crippen LogP contribution in [0.2, 0.25) is 0 Å². The number of hydrogen-bond acceptors (Lipinski definition) is 5. The van der Waals surface area contributed by atoms with Gasteiger partial charge in [-0.1, -0.05) is 48.5 Å². The maximum Gasteiger partial charge on any atom is 0.243 e. The largest absolute Gasteiger partial charge is 0.255 e. The first kappa shape index (κ1) is 17.8. The van der Waals surface area contributed by atoms with E-state index in [-0.39, 0.29) is 11.4 Å². The molecule has 0 aliphatic carbocycles. The van der Waals surface area contributed by atoms with Crippen LogP contribution in [0.25, 0.3) is 21.5 Å². The molecule has 0 saturated carbocycles. The molecule has 4 rings (SSSR count). The van der Waals surface area contributed by atoms with Crippen molar-refractivity contribution in [2.75, 3.05) is 0 Å². The highest BCUT2D eigenvalue weighted by Crippen LogP contribution is 2.28. The molecule has 5 nitrogen and oxygen atoms in total. The van der Waals surface area contributed by atoms with E-state index in [4.69, 9.17) is 0 Å². The topological polar surface area (TPSA) is 72.0 Å². The molecule has 0 aliphatic rings. The van der Waals surface area contributed by atoms with Crippen LogP contribution in [0.15, 0.2) is 71.8 Å². The maximum atomic E-state index is 12.8. The molecule has 0 aliphatic heterocycles. The number of nitrogens with zero attached hydrogens (tertiary/aromatic N) is 2. The molecule has 0 saturated heterocycles. The lowest BCUT2D eigenvalue weighted by Gasteiger charge is -2.08. The second-order valence-corrected chi connectivity index (χ2v) is 8.87. The summed E-state index contributed by atoms with van der Waals surface area (Å²) in [5, 5.41) is 1.68. The van der Waals surface area contributed by atoms with Crippen LogP contribution >= 0.6 is 11.3 Å². The third kappa shape index (κ3) is 3.62. The lowest BCUT2D eigenvalue weighted by atomic mass is 10.2. The van der Waals surface area contributed by atoms with Crippen LogP contribution in [0, 0.1) is 6.92 Å². The molecular formula is C20H17N3O2S2. The number of aryl methyl sites for hydroxylation is 1. The van der Waals surface area contributed by atoms with E-state index in [9.17, 15) is 8.42 Å². The van der Waals surface area contributed by atoms with Gasteiger partial charge in [0, 0.05) is 28.6 Å². The van der Waals surface area contributed by atoms with Crippen molar-refractivity contribution in [3.05, 3.63) is 77.4 Å². The number of pyridine rings is 1. The Kier molecular flexibility index (Phi) is 4.73. The summed E-state index contributed by atoms with van der Waals surface area (Å²) in [6.45, 7) is 2.09. The molecule has 0 radical (unpaired) electrons. The number of para-hydroxylation sites is 1. The van der Waals surface area contributed by atoms with Gasteiger partial charge in [0.25, 0.3) is 0 Å². The van der Waals surface area contributed by atoms with Crippen molar-refractivity contribution in [1.29, 1.82) is 0 Å². The van der Waals surface area contributed by atoms with Crippen LogP contribution in [0.1, 0.15) is 10.6 Å². The van der Waals surface area contributed by atoms with Gasteiger partial charge < -0.3 is 0 Å². The van der Waals surface area contributed by atoms with E-state index in [1.165, 1.54) is 11.3 Å². The molecule has 0 spiro atoms. The lowest BCUT2D eigenvalue weighted by molar-refractivity contribution is 0.582. The molecule has 0 fully saturated rings. The summed E-state index contributed by atoms with van der Waals surface area (Å²) in [6.07, 6.45) is 1.60. The third-order valence-electron chi connectivity index (χ3n) is 4.22. The fourth-order valence-corrected chi connectivity index (χ4v) is 5.10. The standard InChI is InChI=1S/C20H17N3O2S2/c1-14-17(26-20(23-14)16-7-3-2-4-8-16)13-22-27(24,25)18-11-5-9-15-10-6-12-21-19(15)18/h2-12,22H,13H2,1H3. The van der Waals surface area contributed by atoms with Crippen molar-refractivity contribution in [3.63, 3.8) is 0 Å². The normalized spacial score (nSPS) is 11.7. The van der Waals surface area contributed by atoms with Crippen molar-refractivity contribution in [3.8, 4) is 10.6 Å². The van der Waals surface area contributed by atoms with Crippen LogP contribution in [0.5, 0.6) is 0 Å². The zero-order valence-corrected chi connectivity index (χ0v) is 16.2. The summed E-state index contributed by atoms with van der Waals surface area (Å²) < 4.78 is 28.4. The van der Waals surface area contributed by atoms with E-state index in [1.807, 2.05) is 49.4 Å². The molecule has 0 bridgehead atoms. The minimum absolute atomic E-state index is 0.186. The van der Waals surface area contributed by atoms with Crippen LogP contribution in [-0.4, -0.2) is 18.4 Å². The molecule has 0 unspecified atom stereocenters. The van der Waals surface area contributed by atoms with Gasteiger partial charge in [-0.05, 0) is 19.1 Å². The summed E-state index contributed by atoms with van der Waals surface area (Å²) in [6, 6.07) is 18.7. The molecule has 7 heteroatoms. The summed E-state index contributed by atoms with van der Waals surface area (Å²) in [4.78, 5) is 9.89. The zero-order chi connectivity index (χ0) is 18.9. The van der Waals surface area contributed by atoms with Gasteiger partial charge in [-0.2, -0.15) is 0 Å². The molecule has 0 atom stereocenters. The van der Waals surface area contributed by atoms with Gasteiger partial charge in [0.15, 0.2) is 0 Å².